The number of alkyl halides is 6. The van der Waals surface area contributed by atoms with E-state index in [9.17, 15) is 41.4 Å². The Morgan fingerprint density at radius 1 is 1.05 bits per heavy atom. The zero-order valence-corrected chi connectivity index (χ0v) is 20.7. The second-order valence-corrected chi connectivity index (χ2v) is 8.58. The molecule has 18 heteroatoms. The van der Waals surface area contributed by atoms with Crippen LogP contribution in [0.5, 0.6) is 5.75 Å². The minimum atomic E-state index is -5.06. The van der Waals surface area contributed by atoms with Crippen LogP contribution in [0.1, 0.15) is 11.6 Å². The Hall–Kier alpha value is -3.96. The van der Waals surface area contributed by atoms with E-state index in [1.807, 2.05) is 0 Å². The van der Waals surface area contributed by atoms with Gasteiger partial charge in [0.15, 0.2) is 29.3 Å². The smallest absolute Gasteiger partial charge is 0.402 e. The standard InChI is InChI=1S/C22H18ClF6N7O4/c23-13-5-3-12(4-6-13)18-33-35(20(39)34(18)10-15(38)21(24,25)26)11-16-31-17(7-9-37)36(32-16)19-14(2-1-8-30-19)40-22(27,28)29/h1-6,8,15,37-38H,7,9-11H2/t15-/m0/s1. The van der Waals surface area contributed by atoms with Crippen LogP contribution in [0.4, 0.5) is 26.3 Å². The summed E-state index contributed by atoms with van der Waals surface area (Å²) in [7, 11) is 0. The van der Waals surface area contributed by atoms with Crippen molar-refractivity contribution in [3.63, 3.8) is 0 Å². The van der Waals surface area contributed by atoms with Crippen molar-refractivity contribution in [2.45, 2.75) is 38.2 Å². The fraction of sp³-hybridized carbons (Fsp3) is 0.318. The molecule has 0 unspecified atom stereocenters. The average Bonchev–Trinajstić information content (AvgIpc) is 3.39. The highest BCUT2D eigenvalue weighted by atomic mass is 35.5. The predicted molar refractivity (Wildman–Crippen MR) is 125 cm³/mol. The Bertz CT molecular complexity index is 1530. The van der Waals surface area contributed by atoms with Gasteiger partial charge in [-0.05, 0) is 36.4 Å². The molecule has 0 fully saturated rings. The van der Waals surface area contributed by atoms with Crippen LogP contribution in [-0.2, 0) is 19.5 Å². The van der Waals surface area contributed by atoms with Gasteiger partial charge in [0.25, 0.3) is 0 Å². The van der Waals surface area contributed by atoms with E-state index in [4.69, 9.17) is 11.6 Å². The summed E-state index contributed by atoms with van der Waals surface area (Å²) >= 11 is 5.87. The Kier molecular flexibility index (Phi) is 8.18. The molecule has 0 radical (unpaired) electrons. The third kappa shape index (κ3) is 6.60. The highest BCUT2D eigenvalue weighted by molar-refractivity contribution is 6.30. The maximum Gasteiger partial charge on any atom is 0.573 e. The molecule has 1 aromatic carbocycles. The van der Waals surface area contributed by atoms with Crippen LogP contribution in [0, 0.1) is 0 Å². The monoisotopic (exact) mass is 593 g/mol. The highest BCUT2D eigenvalue weighted by Crippen LogP contribution is 2.28. The van der Waals surface area contributed by atoms with Crippen LogP contribution in [0.3, 0.4) is 0 Å². The lowest BCUT2D eigenvalue weighted by molar-refractivity contribution is -0.274. The molecule has 4 rings (SSSR count). The molecule has 0 aliphatic carbocycles. The summed E-state index contributed by atoms with van der Waals surface area (Å²) in [5.41, 5.74) is -0.858. The van der Waals surface area contributed by atoms with Gasteiger partial charge in [0.1, 0.15) is 12.4 Å². The average molecular weight is 594 g/mol. The van der Waals surface area contributed by atoms with E-state index in [-0.39, 0.29) is 29.5 Å². The molecule has 11 nitrogen and oxygen atoms in total. The summed E-state index contributed by atoms with van der Waals surface area (Å²) in [6, 6.07) is 7.82. The summed E-state index contributed by atoms with van der Waals surface area (Å²) in [5, 5.41) is 27.5. The third-order valence-electron chi connectivity index (χ3n) is 5.28. The first-order chi connectivity index (χ1) is 18.8. The summed E-state index contributed by atoms with van der Waals surface area (Å²) in [4.78, 5) is 21.1. The lowest BCUT2D eigenvalue weighted by Crippen LogP contribution is -2.37. The van der Waals surface area contributed by atoms with Gasteiger partial charge in [0.2, 0.25) is 0 Å². The number of benzene rings is 1. The highest BCUT2D eigenvalue weighted by Gasteiger charge is 2.39. The van der Waals surface area contributed by atoms with Crippen LogP contribution < -0.4 is 10.4 Å². The Labute approximate surface area is 224 Å². The van der Waals surface area contributed by atoms with Crippen molar-refractivity contribution < 1.29 is 41.3 Å². The first-order valence-electron chi connectivity index (χ1n) is 11.2. The van der Waals surface area contributed by atoms with E-state index in [0.717, 1.165) is 15.4 Å². The molecule has 0 saturated carbocycles. The fourth-order valence-electron chi connectivity index (χ4n) is 3.57. The SMILES string of the molecule is O=c1n(Cc2nc(CCO)n(-c3ncccc3OC(F)(F)F)n2)nc(-c2ccc(Cl)cc2)n1C[C@H](O)C(F)(F)F. The van der Waals surface area contributed by atoms with Crippen LogP contribution in [0.15, 0.2) is 47.4 Å². The van der Waals surface area contributed by atoms with Crippen molar-refractivity contribution in [2.75, 3.05) is 6.61 Å². The van der Waals surface area contributed by atoms with E-state index in [1.165, 1.54) is 36.5 Å². The van der Waals surface area contributed by atoms with E-state index in [1.54, 1.807) is 0 Å². The number of aliphatic hydroxyl groups is 2. The molecule has 3 heterocycles. The van der Waals surface area contributed by atoms with Crippen molar-refractivity contribution >= 4 is 11.6 Å². The molecule has 0 saturated heterocycles. The molecule has 0 bridgehead atoms. The lowest BCUT2D eigenvalue weighted by Gasteiger charge is -2.15. The second-order valence-electron chi connectivity index (χ2n) is 8.14. The normalized spacial score (nSPS) is 13.0. The third-order valence-corrected chi connectivity index (χ3v) is 5.53. The minimum absolute atomic E-state index is 0.0545. The van der Waals surface area contributed by atoms with E-state index in [2.05, 4.69) is 24.9 Å². The van der Waals surface area contributed by atoms with Crippen LogP contribution in [0.2, 0.25) is 5.02 Å². The topological polar surface area (TPSA) is 133 Å². The fourth-order valence-corrected chi connectivity index (χ4v) is 3.69. The molecule has 3 aromatic heterocycles. The van der Waals surface area contributed by atoms with Crippen molar-refractivity contribution in [3.8, 4) is 23.0 Å². The summed E-state index contributed by atoms with van der Waals surface area (Å²) in [6.45, 7) is -2.20. The number of nitrogens with zero attached hydrogens (tertiary/aromatic N) is 7. The number of hydrogen-bond donors (Lipinski definition) is 2. The maximum absolute atomic E-state index is 13.1. The van der Waals surface area contributed by atoms with E-state index >= 15 is 0 Å². The van der Waals surface area contributed by atoms with Gasteiger partial charge in [-0.1, -0.05) is 11.6 Å². The Morgan fingerprint density at radius 2 is 1.75 bits per heavy atom. The van der Waals surface area contributed by atoms with Crippen molar-refractivity contribution in [2.24, 2.45) is 0 Å². The van der Waals surface area contributed by atoms with Gasteiger partial charge in [0, 0.05) is 23.2 Å². The number of hydrogen-bond acceptors (Lipinski definition) is 8. The Morgan fingerprint density at radius 3 is 2.38 bits per heavy atom. The largest absolute Gasteiger partial charge is 0.573 e. The van der Waals surface area contributed by atoms with E-state index < -0.39 is 55.6 Å². The molecule has 0 aliphatic heterocycles. The Balaban J connectivity index is 1.76. The molecule has 214 valence electrons. The van der Waals surface area contributed by atoms with E-state index in [0.29, 0.717) is 9.59 Å². The van der Waals surface area contributed by atoms with Gasteiger partial charge in [-0.3, -0.25) is 4.57 Å². The summed E-state index contributed by atoms with van der Waals surface area (Å²) in [6.07, 6.45) is -12.0. The van der Waals surface area contributed by atoms with Gasteiger partial charge in [-0.25, -0.2) is 19.4 Å². The van der Waals surface area contributed by atoms with Crippen molar-refractivity contribution in [1.29, 1.82) is 0 Å². The first kappa shape index (κ1) is 29.0. The zero-order chi connectivity index (χ0) is 29.2. The molecular formula is C22H18ClF6N7O4. The van der Waals surface area contributed by atoms with Gasteiger partial charge in [0.05, 0.1) is 13.2 Å². The van der Waals surface area contributed by atoms with Crippen LogP contribution >= 0.6 is 11.6 Å². The summed E-state index contributed by atoms with van der Waals surface area (Å²) in [5.74, 6) is -1.63. The zero-order valence-electron chi connectivity index (χ0n) is 19.9. The van der Waals surface area contributed by atoms with Gasteiger partial charge >= 0.3 is 18.2 Å². The molecule has 2 N–H and O–H groups in total. The van der Waals surface area contributed by atoms with Gasteiger partial charge < -0.3 is 14.9 Å². The molecule has 40 heavy (non-hydrogen) atoms. The quantitative estimate of drug-likeness (QED) is 0.283. The molecule has 1 atom stereocenters. The number of ether oxygens (including phenoxy) is 1. The second kappa shape index (κ2) is 11.3. The molecule has 4 aromatic rings. The minimum Gasteiger partial charge on any atom is -0.402 e. The number of aromatic nitrogens is 7. The number of pyridine rings is 1. The van der Waals surface area contributed by atoms with Gasteiger partial charge in [-0.2, -0.15) is 17.9 Å². The lowest BCUT2D eigenvalue weighted by atomic mass is 10.2. The molecule has 0 amide bonds. The number of aliphatic hydroxyl groups excluding tert-OH is 2. The van der Waals surface area contributed by atoms with Gasteiger partial charge in [-0.15, -0.1) is 23.4 Å². The van der Waals surface area contributed by atoms with Crippen LogP contribution in [-0.4, -0.2) is 69.6 Å². The maximum atomic E-state index is 13.1. The first-order valence-corrected chi connectivity index (χ1v) is 11.6. The van der Waals surface area contributed by atoms with Crippen molar-refractivity contribution in [3.05, 3.63) is 69.8 Å². The molecule has 0 aliphatic rings. The molecule has 0 spiro atoms. The van der Waals surface area contributed by atoms with Crippen molar-refractivity contribution in [1.82, 2.24) is 34.1 Å². The molecular weight excluding hydrogens is 576 g/mol. The predicted octanol–water partition coefficient (Wildman–Crippen LogP) is 2.75. The number of halogens is 7. The number of rotatable bonds is 9. The summed E-state index contributed by atoms with van der Waals surface area (Å²) < 4.78 is 84.2. The van der Waals surface area contributed by atoms with Crippen LogP contribution in [0.25, 0.3) is 17.2 Å².